The molecule has 0 heterocycles. The fourth-order valence-corrected chi connectivity index (χ4v) is 2.66. The van der Waals surface area contributed by atoms with E-state index in [9.17, 15) is 9.59 Å². The maximum absolute atomic E-state index is 12.2. The number of benzene rings is 2. The molecule has 0 saturated carbocycles. The number of hydrogen-bond donors (Lipinski definition) is 1. The first-order chi connectivity index (χ1) is 11.4. The van der Waals surface area contributed by atoms with E-state index in [4.69, 9.17) is 11.6 Å². The lowest BCUT2D eigenvalue weighted by Gasteiger charge is -2.23. The van der Waals surface area contributed by atoms with Crippen LogP contribution in [0, 0.1) is 13.8 Å². The zero-order valence-electron chi connectivity index (χ0n) is 14.1. The third-order valence-corrected chi connectivity index (χ3v) is 4.30. The predicted octanol–water partition coefficient (Wildman–Crippen LogP) is 4.34. The van der Waals surface area contributed by atoms with E-state index >= 15 is 0 Å². The Hall–Kier alpha value is -2.33. The molecule has 0 atom stereocenters. The maximum atomic E-state index is 12.2. The van der Waals surface area contributed by atoms with Crippen LogP contribution in [0.15, 0.2) is 42.5 Å². The van der Waals surface area contributed by atoms with Crippen molar-refractivity contribution >= 4 is 34.8 Å². The number of anilines is 2. The molecule has 0 aliphatic heterocycles. The fourth-order valence-electron chi connectivity index (χ4n) is 2.48. The zero-order chi connectivity index (χ0) is 17.7. The molecule has 2 aromatic rings. The molecular formula is C19H21ClN2O2. The lowest BCUT2D eigenvalue weighted by molar-refractivity contribution is -0.117. The number of amides is 2. The Bertz CT molecular complexity index is 759. The van der Waals surface area contributed by atoms with Crippen LogP contribution in [0.25, 0.3) is 0 Å². The number of nitrogens with one attached hydrogen (secondary N) is 1. The van der Waals surface area contributed by atoms with Gasteiger partial charge in [-0.25, -0.2) is 0 Å². The van der Waals surface area contributed by atoms with Gasteiger partial charge in [0.25, 0.3) is 0 Å². The van der Waals surface area contributed by atoms with E-state index in [1.165, 1.54) is 6.92 Å². The lowest BCUT2D eigenvalue weighted by Crippen LogP contribution is -2.32. The van der Waals surface area contributed by atoms with E-state index in [1.807, 2.05) is 44.2 Å². The van der Waals surface area contributed by atoms with Gasteiger partial charge in [-0.15, -0.1) is 0 Å². The molecule has 4 nitrogen and oxygen atoms in total. The molecule has 2 amide bonds. The van der Waals surface area contributed by atoms with Crippen molar-refractivity contribution in [3.8, 4) is 0 Å². The fraction of sp³-hybridized carbons (Fsp3) is 0.263. The molecule has 0 saturated heterocycles. The Morgan fingerprint density at radius 1 is 1.08 bits per heavy atom. The lowest BCUT2D eigenvalue weighted by atomic mass is 10.1. The van der Waals surface area contributed by atoms with Crippen molar-refractivity contribution < 1.29 is 9.59 Å². The van der Waals surface area contributed by atoms with E-state index in [1.54, 1.807) is 17.0 Å². The standard InChI is InChI=1S/C19H21ClN2O2/c1-13-7-4-5-10-18(13)22(15(3)23)12-11-19(24)21-17-9-6-8-16(20)14(17)2/h4-10H,11-12H2,1-3H3,(H,21,24). The third kappa shape index (κ3) is 4.36. The Balaban J connectivity index is 2.05. The van der Waals surface area contributed by atoms with Crippen LogP contribution < -0.4 is 10.2 Å². The second kappa shape index (κ2) is 7.97. The molecule has 0 radical (unpaired) electrons. The number of rotatable bonds is 5. The molecule has 2 aromatic carbocycles. The highest BCUT2D eigenvalue weighted by Gasteiger charge is 2.15. The zero-order valence-corrected chi connectivity index (χ0v) is 14.9. The van der Waals surface area contributed by atoms with E-state index < -0.39 is 0 Å². The van der Waals surface area contributed by atoms with Gasteiger partial charge in [0.05, 0.1) is 0 Å². The number of aryl methyl sites for hydroxylation is 1. The third-order valence-electron chi connectivity index (χ3n) is 3.89. The minimum atomic E-state index is -0.153. The van der Waals surface area contributed by atoms with Gasteiger partial charge in [0.15, 0.2) is 0 Å². The van der Waals surface area contributed by atoms with Crippen molar-refractivity contribution in [3.05, 3.63) is 58.6 Å². The minimum Gasteiger partial charge on any atom is -0.326 e. The Kier molecular flexibility index (Phi) is 5.99. The van der Waals surface area contributed by atoms with Crippen LogP contribution in [0.1, 0.15) is 24.5 Å². The van der Waals surface area contributed by atoms with Crippen LogP contribution in [0.5, 0.6) is 0 Å². The van der Waals surface area contributed by atoms with Crippen LogP contribution in [0.3, 0.4) is 0 Å². The smallest absolute Gasteiger partial charge is 0.226 e. The summed E-state index contributed by atoms with van der Waals surface area (Å²) >= 11 is 6.06. The summed E-state index contributed by atoms with van der Waals surface area (Å²) < 4.78 is 0. The van der Waals surface area contributed by atoms with Crippen molar-refractivity contribution in [2.75, 3.05) is 16.8 Å². The summed E-state index contributed by atoms with van der Waals surface area (Å²) in [7, 11) is 0. The highest BCUT2D eigenvalue weighted by Crippen LogP contribution is 2.23. The topological polar surface area (TPSA) is 49.4 Å². The predicted molar refractivity (Wildman–Crippen MR) is 98.6 cm³/mol. The van der Waals surface area contributed by atoms with E-state index in [0.717, 1.165) is 16.8 Å². The molecular weight excluding hydrogens is 324 g/mol. The molecule has 2 rings (SSSR count). The Morgan fingerprint density at radius 2 is 1.79 bits per heavy atom. The van der Waals surface area contributed by atoms with Gasteiger partial charge in [0.2, 0.25) is 11.8 Å². The number of hydrogen-bond acceptors (Lipinski definition) is 2. The first-order valence-corrected chi connectivity index (χ1v) is 8.16. The number of halogens is 1. The first kappa shape index (κ1) is 18.0. The van der Waals surface area contributed by atoms with Gasteiger partial charge >= 0.3 is 0 Å². The van der Waals surface area contributed by atoms with Gasteiger partial charge in [-0.3, -0.25) is 9.59 Å². The molecule has 1 N–H and O–H groups in total. The van der Waals surface area contributed by atoms with Gasteiger partial charge in [-0.1, -0.05) is 35.9 Å². The van der Waals surface area contributed by atoms with Crippen molar-refractivity contribution in [1.29, 1.82) is 0 Å². The van der Waals surface area contributed by atoms with Crippen LogP contribution in [0.2, 0.25) is 5.02 Å². The summed E-state index contributed by atoms with van der Waals surface area (Å²) in [6, 6.07) is 13.0. The average molecular weight is 345 g/mol. The molecule has 0 aromatic heterocycles. The maximum Gasteiger partial charge on any atom is 0.226 e. The van der Waals surface area contributed by atoms with Gasteiger partial charge in [0, 0.05) is 36.3 Å². The second-order valence-electron chi connectivity index (χ2n) is 5.67. The van der Waals surface area contributed by atoms with Gasteiger partial charge in [0.1, 0.15) is 0 Å². The van der Waals surface area contributed by atoms with Crippen LogP contribution in [-0.4, -0.2) is 18.4 Å². The van der Waals surface area contributed by atoms with E-state index in [-0.39, 0.29) is 18.2 Å². The number of carbonyl (C=O) groups is 2. The molecule has 0 bridgehead atoms. The Labute approximate surface area is 147 Å². The molecule has 0 unspecified atom stereocenters. The molecule has 0 aliphatic carbocycles. The molecule has 0 spiro atoms. The van der Waals surface area contributed by atoms with Crippen molar-refractivity contribution in [1.82, 2.24) is 0 Å². The molecule has 5 heteroatoms. The van der Waals surface area contributed by atoms with Crippen molar-refractivity contribution in [3.63, 3.8) is 0 Å². The summed E-state index contributed by atoms with van der Waals surface area (Å²) in [5.74, 6) is -0.240. The molecule has 24 heavy (non-hydrogen) atoms. The van der Waals surface area contributed by atoms with Crippen LogP contribution >= 0.6 is 11.6 Å². The highest BCUT2D eigenvalue weighted by atomic mass is 35.5. The van der Waals surface area contributed by atoms with Gasteiger partial charge in [-0.2, -0.15) is 0 Å². The Morgan fingerprint density at radius 3 is 2.46 bits per heavy atom. The SMILES string of the molecule is CC(=O)N(CCC(=O)Nc1cccc(Cl)c1C)c1ccccc1C. The minimum absolute atomic E-state index is 0.0870. The summed E-state index contributed by atoms with van der Waals surface area (Å²) in [6.07, 6.45) is 0.208. The summed E-state index contributed by atoms with van der Waals surface area (Å²) in [5, 5.41) is 3.46. The van der Waals surface area contributed by atoms with Crippen LogP contribution in [-0.2, 0) is 9.59 Å². The number of para-hydroxylation sites is 1. The summed E-state index contributed by atoms with van der Waals surface area (Å²) in [5.41, 5.74) is 3.35. The van der Waals surface area contributed by atoms with Gasteiger partial charge in [-0.05, 0) is 43.2 Å². The average Bonchev–Trinajstić information content (AvgIpc) is 2.53. The molecule has 126 valence electrons. The highest BCUT2D eigenvalue weighted by molar-refractivity contribution is 6.31. The second-order valence-corrected chi connectivity index (χ2v) is 6.07. The van der Waals surface area contributed by atoms with E-state index in [2.05, 4.69) is 5.32 Å². The van der Waals surface area contributed by atoms with Crippen molar-refractivity contribution in [2.24, 2.45) is 0 Å². The monoisotopic (exact) mass is 344 g/mol. The van der Waals surface area contributed by atoms with Crippen LogP contribution in [0.4, 0.5) is 11.4 Å². The summed E-state index contributed by atoms with van der Waals surface area (Å²) in [4.78, 5) is 25.8. The number of carbonyl (C=O) groups excluding carboxylic acids is 2. The van der Waals surface area contributed by atoms with E-state index in [0.29, 0.717) is 17.3 Å². The number of nitrogens with zero attached hydrogens (tertiary/aromatic N) is 1. The largest absolute Gasteiger partial charge is 0.326 e. The normalized spacial score (nSPS) is 10.3. The quantitative estimate of drug-likeness (QED) is 0.877. The summed E-state index contributed by atoms with van der Waals surface area (Å²) in [6.45, 7) is 5.63. The molecule has 0 fully saturated rings. The van der Waals surface area contributed by atoms with Gasteiger partial charge < -0.3 is 10.2 Å². The molecule has 0 aliphatic rings. The first-order valence-electron chi connectivity index (χ1n) is 7.79. The van der Waals surface area contributed by atoms with Crippen molar-refractivity contribution in [2.45, 2.75) is 27.2 Å².